The van der Waals surface area contributed by atoms with E-state index in [1.807, 2.05) is 19.9 Å². The van der Waals surface area contributed by atoms with Gasteiger partial charge in [-0.1, -0.05) is 0 Å². The number of aromatic nitrogens is 1. The average molecular weight is 488 g/mol. The number of aryl methyl sites for hydroxylation is 2. The molecule has 0 fully saturated rings. The Morgan fingerprint density at radius 3 is 2.86 bits per heavy atom. The number of benzene rings is 1. The fourth-order valence-electron chi connectivity index (χ4n) is 4.53. The van der Waals surface area contributed by atoms with Crippen LogP contribution in [0.25, 0.3) is 16.0 Å². The smallest absolute Gasteiger partial charge is 0.307 e. The van der Waals surface area contributed by atoms with Gasteiger partial charge < -0.3 is 8.98 Å². The maximum Gasteiger partial charge on any atom is 0.307 e. The third kappa shape index (κ3) is 4.00. The van der Waals surface area contributed by atoms with Crippen LogP contribution < -0.4 is 5.43 Å². The molecule has 35 heavy (non-hydrogen) atoms. The van der Waals surface area contributed by atoms with E-state index in [4.69, 9.17) is 4.42 Å². The topological polar surface area (TPSA) is 126 Å². The minimum atomic E-state index is -0.563. The Kier molecular flexibility index (Phi) is 5.70. The molecule has 0 bridgehead atoms. The summed E-state index contributed by atoms with van der Waals surface area (Å²) in [5, 5.41) is 26.3. The number of amides is 1. The molecule has 9 nitrogen and oxygen atoms in total. The fraction of sp³-hybridized carbons (Fsp3) is 0.240. The van der Waals surface area contributed by atoms with Crippen molar-refractivity contribution in [3.8, 4) is 11.1 Å². The first kappa shape index (κ1) is 22.6. The zero-order valence-corrected chi connectivity index (χ0v) is 19.9. The standard InChI is InChI=1S/C25H21N5O4S/c1-14-9-17(15(2)29(14)25-20(12-26)19-5-3-4-6-23(19)35-25)13-27-28-24(31)22-11-16-10-18(30(32)33)7-8-21(16)34-22/h7-11,13H,3-6H2,1-2H3,(H,28,31). The normalized spacial score (nSPS) is 13.2. The van der Waals surface area contributed by atoms with Crippen LogP contribution in [0.4, 0.5) is 5.69 Å². The van der Waals surface area contributed by atoms with Crippen LogP contribution in [0.3, 0.4) is 0 Å². The summed E-state index contributed by atoms with van der Waals surface area (Å²) in [4.78, 5) is 24.3. The highest BCUT2D eigenvalue weighted by Crippen LogP contribution is 2.38. The maximum atomic E-state index is 12.5. The van der Waals surface area contributed by atoms with Gasteiger partial charge in [-0.3, -0.25) is 14.9 Å². The van der Waals surface area contributed by atoms with Crippen LogP contribution in [0, 0.1) is 35.3 Å². The van der Waals surface area contributed by atoms with Crippen molar-refractivity contribution in [1.82, 2.24) is 9.99 Å². The van der Waals surface area contributed by atoms with Crippen molar-refractivity contribution >= 4 is 40.1 Å². The van der Waals surface area contributed by atoms with Gasteiger partial charge in [-0.05, 0) is 63.3 Å². The van der Waals surface area contributed by atoms with E-state index in [2.05, 4.69) is 21.2 Å². The number of carbonyl (C=O) groups excluding carboxylic acids is 1. The monoisotopic (exact) mass is 487 g/mol. The lowest BCUT2D eigenvalue weighted by atomic mass is 9.96. The van der Waals surface area contributed by atoms with E-state index in [1.54, 1.807) is 17.6 Å². The van der Waals surface area contributed by atoms with Crippen LogP contribution in [0.15, 0.2) is 39.9 Å². The molecule has 10 heteroatoms. The Morgan fingerprint density at radius 1 is 1.29 bits per heavy atom. The number of nitro benzene ring substituents is 1. The first-order valence-corrected chi connectivity index (χ1v) is 11.9. The Labute approximate surface area is 204 Å². The molecule has 1 aliphatic carbocycles. The van der Waals surface area contributed by atoms with Crippen molar-refractivity contribution < 1.29 is 14.1 Å². The average Bonchev–Trinajstić information content (AvgIpc) is 3.51. The lowest BCUT2D eigenvalue weighted by Gasteiger charge is -2.10. The molecular weight excluding hydrogens is 466 g/mol. The Bertz CT molecular complexity index is 1570. The van der Waals surface area contributed by atoms with Gasteiger partial charge in [0.15, 0.2) is 5.76 Å². The third-order valence-corrected chi connectivity index (χ3v) is 7.52. The van der Waals surface area contributed by atoms with Gasteiger partial charge in [0.05, 0.1) is 16.7 Å². The van der Waals surface area contributed by atoms with E-state index < -0.39 is 10.8 Å². The van der Waals surface area contributed by atoms with Crippen LogP contribution in [0.1, 0.15) is 56.4 Å². The van der Waals surface area contributed by atoms with Crippen molar-refractivity contribution in [2.24, 2.45) is 5.10 Å². The second-order valence-electron chi connectivity index (χ2n) is 8.45. The summed E-state index contributed by atoms with van der Waals surface area (Å²) in [6.07, 6.45) is 5.79. The molecule has 1 aliphatic rings. The van der Waals surface area contributed by atoms with Crippen molar-refractivity contribution in [1.29, 1.82) is 5.26 Å². The summed E-state index contributed by atoms with van der Waals surface area (Å²) in [6.45, 7) is 3.94. The largest absolute Gasteiger partial charge is 0.451 e. The van der Waals surface area contributed by atoms with Gasteiger partial charge in [-0.25, -0.2) is 5.43 Å². The van der Waals surface area contributed by atoms with Gasteiger partial charge in [0, 0.05) is 39.3 Å². The van der Waals surface area contributed by atoms with Crippen LogP contribution in [0.5, 0.6) is 0 Å². The summed E-state index contributed by atoms with van der Waals surface area (Å²) in [6, 6.07) is 9.96. The van der Waals surface area contributed by atoms with Gasteiger partial charge >= 0.3 is 5.91 Å². The molecule has 0 unspecified atom stereocenters. The molecule has 1 amide bonds. The zero-order valence-electron chi connectivity index (χ0n) is 19.1. The second-order valence-corrected chi connectivity index (χ2v) is 9.54. The van der Waals surface area contributed by atoms with E-state index >= 15 is 0 Å². The third-order valence-electron chi connectivity index (χ3n) is 6.24. The number of non-ortho nitro benzene ring substituents is 1. The molecule has 1 aromatic carbocycles. The summed E-state index contributed by atoms with van der Waals surface area (Å²) >= 11 is 1.68. The van der Waals surface area contributed by atoms with Crippen molar-refractivity contribution in [2.75, 3.05) is 0 Å². The fourth-order valence-corrected chi connectivity index (χ4v) is 5.98. The summed E-state index contributed by atoms with van der Waals surface area (Å²) < 4.78 is 7.58. The first-order chi connectivity index (χ1) is 16.9. The lowest BCUT2D eigenvalue weighted by molar-refractivity contribution is -0.384. The van der Waals surface area contributed by atoms with Crippen molar-refractivity contribution in [2.45, 2.75) is 39.5 Å². The van der Waals surface area contributed by atoms with Gasteiger partial charge in [0.1, 0.15) is 16.7 Å². The zero-order chi connectivity index (χ0) is 24.7. The van der Waals surface area contributed by atoms with E-state index in [0.29, 0.717) is 11.0 Å². The number of hydrazone groups is 1. The number of furan rings is 1. The van der Waals surface area contributed by atoms with Gasteiger partial charge in [0.2, 0.25) is 0 Å². The van der Waals surface area contributed by atoms with E-state index in [9.17, 15) is 20.2 Å². The molecule has 1 N–H and O–H groups in total. The highest BCUT2D eigenvalue weighted by Gasteiger charge is 2.23. The molecule has 0 saturated carbocycles. The molecule has 0 atom stereocenters. The van der Waals surface area contributed by atoms with E-state index in [1.165, 1.54) is 34.7 Å². The SMILES string of the molecule is Cc1cc(C=NNC(=O)c2cc3cc([N+](=O)[O-])ccc3o2)c(C)n1-c1sc2c(c1C#N)CCCC2. The highest BCUT2D eigenvalue weighted by molar-refractivity contribution is 7.15. The Morgan fingerprint density at radius 2 is 2.09 bits per heavy atom. The number of hydrogen-bond acceptors (Lipinski definition) is 7. The summed E-state index contributed by atoms with van der Waals surface area (Å²) in [5.74, 6) is -0.558. The minimum absolute atomic E-state index is 0.00551. The van der Waals surface area contributed by atoms with Gasteiger partial charge in [-0.2, -0.15) is 10.4 Å². The summed E-state index contributed by atoms with van der Waals surface area (Å²) in [5.41, 5.74) is 7.40. The number of fused-ring (bicyclic) bond motifs is 2. The molecule has 3 heterocycles. The summed E-state index contributed by atoms with van der Waals surface area (Å²) in [7, 11) is 0. The maximum absolute atomic E-state index is 12.5. The Hall–Kier alpha value is -4.23. The minimum Gasteiger partial charge on any atom is -0.451 e. The van der Waals surface area contributed by atoms with Crippen LogP contribution in [0.2, 0.25) is 0 Å². The molecule has 176 valence electrons. The number of carbonyl (C=O) groups is 1. The molecule has 3 aromatic heterocycles. The number of thiophene rings is 1. The molecule has 0 saturated heterocycles. The molecule has 5 rings (SSSR count). The van der Waals surface area contributed by atoms with Gasteiger partial charge in [0.25, 0.3) is 5.69 Å². The number of nitro groups is 1. The van der Waals surface area contributed by atoms with Gasteiger partial charge in [-0.15, -0.1) is 11.3 Å². The quantitative estimate of drug-likeness (QED) is 0.231. The number of nitrogens with one attached hydrogen (secondary N) is 1. The number of nitrogens with zero attached hydrogens (tertiary/aromatic N) is 4. The van der Waals surface area contributed by atoms with Crippen LogP contribution in [-0.4, -0.2) is 21.6 Å². The highest BCUT2D eigenvalue weighted by atomic mass is 32.1. The lowest BCUT2D eigenvalue weighted by Crippen LogP contribution is -2.16. The molecule has 0 aliphatic heterocycles. The molecule has 4 aromatic rings. The van der Waals surface area contributed by atoms with Crippen LogP contribution in [-0.2, 0) is 12.8 Å². The first-order valence-electron chi connectivity index (χ1n) is 11.1. The second kappa shape index (κ2) is 8.85. The number of hydrogen-bond donors (Lipinski definition) is 1. The predicted molar refractivity (Wildman–Crippen MR) is 132 cm³/mol. The van der Waals surface area contributed by atoms with Crippen molar-refractivity contribution in [3.05, 3.63) is 79.2 Å². The number of rotatable bonds is 5. The van der Waals surface area contributed by atoms with Crippen molar-refractivity contribution in [3.63, 3.8) is 0 Å². The predicted octanol–water partition coefficient (Wildman–Crippen LogP) is 5.32. The van der Waals surface area contributed by atoms with E-state index in [0.717, 1.165) is 53.2 Å². The number of nitriles is 1. The Balaban J connectivity index is 1.37. The van der Waals surface area contributed by atoms with E-state index in [-0.39, 0.29) is 11.4 Å². The molecule has 0 spiro atoms. The molecular formula is C25H21N5O4S. The molecule has 0 radical (unpaired) electrons. The van der Waals surface area contributed by atoms with Crippen LogP contribution >= 0.6 is 11.3 Å².